The molecule has 1 amide bonds. The summed E-state index contributed by atoms with van der Waals surface area (Å²) in [7, 11) is 1.59. The topological polar surface area (TPSA) is 64.6 Å². The second kappa shape index (κ2) is 6.55. The third kappa shape index (κ3) is 3.36. The van der Waals surface area contributed by atoms with Crippen LogP contribution in [0.5, 0.6) is 5.75 Å². The summed E-state index contributed by atoms with van der Waals surface area (Å²) in [6.45, 7) is -0.239. The average Bonchev–Trinajstić information content (AvgIpc) is 2.58. The molecule has 2 unspecified atom stereocenters. The molecule has 1 N–H and O–H groups in total. The number of halogens is 1. The van der Waals surface area contributed by atoms with E-state index in [1.165, 1.54) is 6.42 Å². The first-order chi connectivity index (χ1) is 12.4. The van der Waals surface area contributed by atoms with Crippen LogP contribution in [-0.2, 0) is 14.3 Å². The summed E-state index contributed by atoms with van der Waals surface area (Å²) in [6.07, 6.45) is 6.23. The van der Waals surface area contributed by atoms with Gasteiger partial charge in [0, 0.05) is 10.0 Å². The molecular weight excluding hydrogens is 398 g/mol. The molecule has 0 aromatic heterocycles. The highest BCUT2D eigenvalue weighted by Crippen LogP contribution is 2.64. The molecule has 5 rings (SSSR count). The maximum Gasteiger partial charge on any atom is 0.312 e. The van der Waals surface area contributed by atoms with Crippen molar-refractivity contribution in [2.45, 2.75) is 42.8 Å². The highest BCUT2D eigenvalue weighted by molar-refractivity contribution is 9.10. The number of hydrogen-bond acceptors (Lipinski definition) is 4. The van der Waals surface area contributed by atoms with Gasteiger partial charge in [-0.2, -0.15) is 0 Å². The molecular formula is C20H24BrNO4. The third-order valence-electron chi connectivity index (χ3n) is 6.13. The average molecular weight is 422 g/mol. The van der Waals surface area contributed by atoms with Crippen molar-refractivity contribution in [2.24, 2.45) is 17.3 Å². The van der Waals surface area contributed by atoms with Gasteiger partial charge in [-0.05, 0) is 74.6 Å². The Morgan fingerprint density at radius 3 is 2.38 bits per heavy atom. The molecule has 5 nitrogen and oxygen atoms in total. The maximum absolute atomic E-state index is 12.8. The lowest BCUT2D eigenvalue weighted by Gasteiger charge is -2.58. The summed E-state index contributed by atoms with van der Waals surface area (Å²) in [5, 5.41) is 2.75. The molecule has 4 atom stereocenters. The van der Waals surface area contributed by atoms with Crippen LogP contribution in [0.1, 0.15) is 38.5 Å². The fourth-order valence-corrected chi connectivity index (χ4v) is 7.00. The van der Waals surface area contributed by atoms with E-state index < -0.39 is 5.41 Å². The monoisotopic (exact) mass is 421 g/mol. The van der Waals surface area contributed by atoms with Crippen LogP contribution in [0.25, 0.3) is 0 Å². The number of carbonyl (C=O) groups is 2. The Morgan fingerprint density at radius 1 is 1.15 bits per heavy atom. The van der Waals surface area contributed by atoms with Gasteiger partial charge in [-0.25, -0.2) is 0 Å². The molecule has 0 aliphatic heterocycles. The lowest BCUT2D eigenvalue weighted by Crippen LogP contribution is -2.56. The molecule has 140 valence electrons. The van der Waals surface area contributed by atoms with E-state index in [1.54, 1.807) is 31.4 Å². The minimum Gasteiger partial charge on any atom is -0.497 e. The number of nitrogens with one attached hydrogen (secondary N) is 1. The fraction of sp³-hybridized carbons (Fsp3) is 0.600. The zero-order valence-corrected chi connectivity index (χ0v) is 16.5. The summed E-state index contributed by atoms with van der Waals surface area (Å²) in [5.74, 6) is 1.43. The van der Waals surface area contributed by atoms with Gasteiger partial charge < -0.3 is 14.8 Å². The SMILES string of the molecule is COc1ccc(NC(=O)COC(=O)C23C[C@@H]4C[C@@H](CC(Br)(C4)C2)C3)cc1. The van der Waals surface area contributed by atoms with Crippen LogP contribution in [0.4, 0.5) is 5.69 Å². The molecule has 0 heterocycles. The lowest BCUT2D eigenvalue weighted by atomic mass is 9.49. The second-order valence-electron chi connectivity index (χ2n) is 8.25. The molecule has 0 radical (unpaired) electrons. The summed E-state index contributed by atoms with van der Waals surface area (Å²) in [5.41, 5.74) is 0.259. The van der Waals surface area contributed by atoms with Crippen molar-refractivity contribution in [2.75, 3.05) is 19.0 Å². The van der Waals surface area contributed by atoms with E-state index in [1.807, 2.05) is 0 Å². The van der Waals surface area contributed by atoms with Crippen molar-refractivity contribution in [1.82, 2.24) is 0 Å². The Bertz CT molecular complexity index is 703. The minimum absolute atomic E-state index is 0.0987. The van der Waals surface area contributed by atoms with E-state index in [0.717, 1.165) is 37.9 Å². The van der Waals surface area contributed by atoms with Crippen LogP contribution in [0.3, 0.4) is 0 Å². The van der Waals surface area contributed by atoms with Crippen molar-refractivity contribution >= 4 is 33.5 Å². The van der Waals surface area contributed by atoms with Gasteiger partial charge in [0.15, 0.2) is 6.61 Å². The zero-order chi connectivity index (χ0) is 18.4. The fourth-order valence-electron chi connectivity index (χ4n) is 5.55. The van der Waals surface area contributed by atoms with E-state index in [4.69, 9.17) is 9.47 Å². The zero-order valence-electron chi connectivity index (χ0n) is 14.9. The number of ether oxygens (including phenoxy) is 2. The normalized spacial score (nSPS) is 34.4. The predicted octanol–water partition coefficient (Wildman–Crippen LogP) is 3.91. The molecule has 4 aliphatic carbocycles. The lowest BCUT2D eigenvalue weighted by molar-refractivity contribution is -0.170. The van der Waals surface area contributed by atoms with E-state index in [-0.39, 0.29) is 22.8 Å². The Kier molecular flexibility index (Phi) is 4.49. The van der Waals surface area contributed by atoms with Gasteiger partial charge in [-0.3, -0.25) is 9.59 Å². The maximum atomic E-state index is 12.8. The summed E-state index contributed by atoms with van der Waals surface area (Å²) >= 11 is 3.90. The van der Waals surface area contributed by atoms with Crippen LogP contribution in [0, 0.1) is 17.3 Å². The Labute approximate surface area is 161 Å². The molecule has 26 heavy (non-hydrogen) atoms. The highest BCUT2D eigenvalue weighted by atomic mass is 79.9. The van der Waals surface area contributed by atoms with Crippen LogP contribution in [-0.4, -0.2) is 29.9 Å². The van der Waals surface area contributed by atoms with Crippen LogP contribution in [0.2, 0.25) is 0 Å². The minimum atomic E-state index is -0.395. The number of alkyl halides is 1. The van der Waals surface area contributed by atoms with Gasteiger partial charge in [-0.15, -0.1) is 0 Å². The summed E-state index contributed by atoms with van der Waals surface area (Å²) in [4.78, 5) is 25.0. The van der Waals surface area contributed by atoms with Gasteiger partial charge >= 0.3 is 5.97 Å². The number of methoxy groups -OCH3 is 1. The van der Waals surface area contributed by atoms with E-state index in [2.05, 4.69) is 21.2 Å². The second-order valence-corrected chi connectivity index (χ2v) is 9.93. The molecule has 4 aliphatic rings. The first-order valence-corrected chi connectivity index (χ1v) is 9.99. The first-order valence-electron chi connectivity index (χ1n) is 9.20. The Balaban J connectivity index is 1.34. The number of esters is 1. The van der Waals surface area contributed by atoms with Gasteiger partial charge in [-0.1, -0.05) is 15.9 Å². The number of carbonyl (C=O) groups excluding carboxylic acids is 2. The van der Waals surface area contributed by atoms with E-state index in [0.29, 0.717) is 17.5 Å². The van der Waals surface area contributed by atoms with Gasteiger partial charge in [0.05, 0.1) is 12.5 Å². The molecule has 4 fully saturated rings. The number of hydrogen-bond donors (Lipinski definition) is 1. The summed E-state index contributed by atoms with van der Waals surface area (Å²) < 4.78 is 10.6. The van der Waals surface area contributed by atoms with Crippen LogP contribution in [0.15, 0.2) is 24.3 Å². The quantitative estimate of drug-likeness (QED) is 0.577. The first kappa shape index (κ1) is 17.8. The van der Waals surface area contributed by atoms with Crippen molar-refractivity contribution in [3.05, 3.63) is 24.3 Å². The molecule has 4 bridgehead atoms. The largest absolute Gasteiger partial charge is 0.497 e. The van der Waals surface area contributed by atoms with Crippen LogP contribution < -0.4 is 10.1 Å². The molecule has 1 aromatic carbocycles. The van der Waals surface area contributed by atoms with Crippen molar-refractivity contribution < 1.29 is 19.1 Å². The molecule has 0 spiro atoms. The molecule has 4 saturated carbocycles. The van der Waals surface area contributed by atoms with Crippen molar-refractivity contribution in [3.63, 3.8) is 0 Å². The van der Waals surface area contributed by atoms with Gasteiger partial charge in [0.1, 0.15) is 5.75 Å². The van der Waals surface area contributed by atoms with E-state index >= 15 is 0 Å². The highest BCUT2D eigenvalue weighted by Gasteiger charge is 2.60. The van der Waals surface area contributed by atoms with E-state index in [9.17, 15) is 9.59 Å². The third-order valence-corrected chi connectivity index (χ3v) is 7.06. The standard InChI is InChI=1S/C20H24BrNO4/c1-25-16-4-2-15(3-5-16)22-17(23)11-26-18(24)19-7-13-6-14(8-19)10-20(21,9-13)12-19/h2-5,13-14H,6-12H2,1H3,(H,22,23)/t13-,14+,19?,20?. The summed E-state index contributed by atoms with van der Waals surface area (Å²) in [6, 6.07) is 7.05. The number of benzene rings is 1. The Morgan fingerprint density at radius 2 is 1.81 bits per heavy atom. The molecule has 1 aromatic rings. The van der Waals surface area contributed by atoms with Crippen molar-refractivity contribution in [1.29, 1.82) is 0 Å². The number of amides is 1. The van der Waals surface area contributed by atoms with Gasteiger partial charge in [0.25, 0.3) is 5.91 Å². The van der Waals surface area contributed by atoms with Crippen molar-refractivity contribution in [3.8, 4) is 5.75 Å². The number of anilines is 1. The predicted molar refractivity (Wildman–Crippen MR) is 101 cm³/mol. The van der Waals surface area contributed by atoms with Gasteiger partial charge in [0.2, 0.25) is 0 Å². The molecule has 0 saturated heterocycles. The number of rotatable bonds is 5. The van der Waals surface area contributed by atoms with Crippen LogP contribution >= 0.6 is 15.9 Å². The molecule has 6 heteroatoms. The smallest absolute Gasteiger partial charge is 0.312 e. The Hall–Kier alpha value is -1.56.